The van der Waals surface area contributed by atoms with E-state index in [0.717, 1.165) is 42.7 Å². The van der Waals surface area contributed by atoms with E-state index in [1.165, 1.54) is 11.8 Å². The Hall–Kier alpha value is -1.70. The fourth-order valence-electron chi connectivity index (χ4n) is 2.97. The summed E-state index contributed by atoms with van der Waals surface area (Å²) in [4.78, 5) is 25.2. The molecule has 0 atom stereocenters. The summed E-state index contributed by atoms with van der Waals surface area (Å²) in [7, 11) is 0. The number of carbonyl (C=O) groups is 1. The van der Waals surface area contributed by atoms with Gasteiger partial charge in [0.25, 0.3) is 0 Å². The molecule has 0 spiro atoms. The molecule has 1 aliphatic rings. The summed E-state index contributed by atoms with van der Waals surface area (Å²) in [6, 6.07) is 9.78. The number of aromatic nitrogens is 2. The lowest BCUT2D eigenvalue weighted by Crippen LogP contribution is -2.46. The molecule has 1 fully saturated rings. The highest BCUT2D eigenvalue weighted by Gasteiger charge is 2.20. The standard InChI is InChI=1S/C19H23Cl2N5OS/c1-13(2)22-18(27)12-28-19-23-16(21)11-17(24-19)26-8-6-25(7-9-26)15-5-3-4-14(20)10-15/h3-5,10-11,13H,6-9,12H2,1-2H3,(H,22,27). The second-order valence-corrected chi connectivity index (χ2v) is 8.56. The maximum atomic E-state index is 11.8. The average molecular weight is 440 g/mol. The van der Waals surface area contributed by atoms with Crippen LogP contribution in [0.25, 0.3) is 0 Å². The van der Waals surface area contributed by atoms with Gasteiger partial charge in [0.1, 0.15) is 11.0 Å². The second-order valence-electron chi connectivity index (χ2n) is 6.80. The van der Waals surface area contributed by atoms with Crippen molar-refractivity contribution in [2.45, 2.75) is 25.0 Å². The van der Waals surface area contributed by atoms with Gasteiger partial charge >= 0.3 is 0 Å². The highest BCUT2D eigenvalue weighted by atomic mass is 35.5. The molecule has 1 aromatic heterocycles. The zero-order valence-electron chi connectivity index (χ0n) is 15.9. The maximum Gasteiger partial charge on any atom is 0.230 e. The topological polar surface area (TPSA) is 61.4 Å². The third kappa shape index (κ3) is 5.90. The number of piperazine rings is 1. The van der Waals surface area contributed by atoms with Crippen molar-refractivity contribution in [1.29, 1.82) is 0 Å². The van der Waals surface area contributed by atoms with Gasteiger partial charge in [0.15, 0.2) is 5.16 Å². The van der Waals surface area contributed by atoms with Gasteiger partial charge in [0.05, 0.1) is 5.75 Å². The van der Waals surface area contributed by atoms with E-state index in [0.29, 0.717) is 10.3 Å². The monoisotopic (exact) mass is 439 g/mol. The van der Waals surface area contributed by atoms with Gasteiger partial charge in [-0.3, -0.25) is 4.79 Å². The largest absolute Gasteiger partial charge is 0.368 e. The second kappa shape index (κ2) is 9.67. The minimum absolute atomic E-state index is 0.0414. The van der Waals surface area contributed by atoms with Crippen molar-refractivity contribution in [3.8, 4) is 0 Å². The van der Waals surface area contributed by atoms with E-state index in [4.69, 9.17) is 23.2 Å². The number of hydrogen-bond donors (Lipinski definition) is 1. The number of rotatable bonds is 6. The van der Waals surface area contributed by atoms with E-state index < -0.39 is 0 Å². The first-order chi connectivity index (χ1) is 13.4. The predicted molar refractivity (Wildman–Crippen MR) is 117 cm³/mol. The van der Waals surface area contributed by atoms with E-state index in [9.17, 15) is 4.79 Å². The number of halogens is 2. The molecule has 1 amide bonds. The minimum Gasteiger partial charge on any atom is -0.368 e. The first kappa shape index (κ1) is 21.0. The Morgan fingerprint density at radius 1 is 1.14 bits per heavy atom. The van der Waals surface area contributed by atoms with Gasteiger partial charge in [-0.15, -0.1) is 0 Å². The minimum atomic E-state index is -0.0414. The molecule has 150 valence electrons. The van der Waals surface area contributed by atoms with Crippen LogP contribution in [0.15, 0.2) is 35.5 Å². The molecule has 1 aromatic carbocycles. The van der Waals surface area contributed by atoms with E-state index >= 15 is 0 Å². The average Bonchev–Trinajstić information content (AvgIpc) is 2.66. The molecule has 28 heavy (non-hydrogen) atoms. The summed E-state index contributed by atoms with van der Waals surface area (Å²) in [6.45, 7) is 7.22. The first-order valence-electron chi connectivity index (χ1n) is 9.13. The molecule has 1 aliphatic heterocycles. The molecule has 0 radical (unpaired) electrons. The lowest BCUT2D eigenvalue weighted by Gasteiger charge is -2.36. The number of thioether (sulfide) groups is 1. The molecule has 2 heterocycles. The smallest absolute Gasteiger partial charge is 0.230 e. The Kier molecular flexibility index (Phi) is 7.26. The van der Waals surface area contributed by atoms with Crippen LogP contribution >= 0.6 is 35.0 Å². The van der Waals surface area contributed by atoms with Crippen LogP contribution in [0.4, 0.5) is 11.5 Å². The van der Waals surface area contributed by atoms with Crippen LogP contribution in [0, 0.1) is 0 Å². The van der Waals surface area contributed by atoms with Gasteiger partial charge in [-0.05, 0) is 32.0 Å². The van der Waals surface area contributed by atoms with E-state index in [2.05, 4.69) is 31.2 Å². The number of anilines is 2. The molecule has 9 heteroatoms. The molecule has 1 saturated heterocycles. The number of nitrogens with zero attached hydrogens (tertiary/aromatic N) is 4. The Balaban J connectivity index is 1.61. The Morgan fingerprint density at radius 3 is 2.54 bits per heavy atom. The Bertz CT molecular complexity index is 828. The van der Waals surface area contributed by atoms with Gasteiger partial charge in [0.2, 0.25) is 5.91 Å². The van der Waals surface area contributed by atoms with Gasteiger partial charge in [-0.25, -0.2) is 9.97 Å². The summed E-state index contributed by atoms with van der Waals surface area (Å²) >= 11 is 13.6. The molecule has 1 N–H and O–H groups in total. The van der Waals surface area contributed by atoms with Gasteiger partial charge in [-0.2, -0.15) is 0 Å². The third-order valence-electron chi connectivity index (χ3n) is 4.22. The Labute approximate surface area is 179 Å². The van der Waals surface area contributed by atoms with Gasteiger partial charge in [-0.1, -0.05) is 41.0 Å². The fourth-order valence-corrected chi connectivity index (χ4v) is 4.05. The van der Waals surface area contributed by atoms with Crippen LogP contribution in [0.1, 0.15) is 13.8 Å². The number of carbonyl (C=O) groups excluding carboxylic acids is 1. The summed E-state index contributed by atoms with van der Waals surface area (Å²) in [5.74, 6) is 1.01. The predicted octanol–water partition coefficient (Wildman–Crippen LogP) is 3.73. The van der Waals surface area contributed by atoms with Crippen molar-refractivity contribution in [3.05, 3.63) is 40.5 Å². The Morgan fingerprint density at radius 2 is 1.86 bits per heavy atom. The molecule has 0 saturated carbocycles. The van der Waals surface area contributed by atoms with Gasteiger partial charge in [0, 0.05) is 49.0 Å². The zero-order chi connectivity index (χ0) is 20.1. The van der Waals surface area contributed by atoms with Crippen molar-refractivity contribution in [2.75, 3.05) is 41.7 Å². The van der Waals surface area contributed by atoms with E-state index in [-0.39, 0.29) is 17.7 Å². The van der Waals surface area contributed by atoms with Crippen LogP contribution in [0.2, 0.25) is 10.2 Å². The van der Waals surface area contributed by atoms with E-state index in [1.54, 1.807) is 6.07 Å². The lowest BCUT2D eigenvalue weighted by atomic mass is 10.2. The summed E-state index contributed by atoms with van der Waals surface area (Å²) in [5, 5.41) is 4.49. The number of hydrogen-bond acceptors (Lipinski definition) is 6. The SMILES string of the molecule is CC(C)NC(=O)CSc1nc(Cl)cc(N2CCN(c3cccc(Cl)c3)CC2)n1. The van der Waals surface area contributed by atoms with Gasteiger partial charge < -0.3 is 15.1 Å². The summed E-state index contributed by atoms with van der Waals surface area (Å²) in [5.41, 5.74) is 1.13. The lowest BCUT2D eigenvalue weighted by molar-refractivity contribution is -0.119. The quantitative estimate of drug-likeness (QED) is 0.420. The van der Waals surface area contributed by atoms with Crippen molar-refractivity contribution in [2.24, 2.45) is 0 Å². The van der Waals surface area contributed by atoms with Crippen molar-refractivity contribution in [3.63, 3.8) is 0 Å². The third-order valence-corrected chi connectivity index (χ3v) is 5.50. The van der Waals surface area contributed by atoms with Crippen LogP contribution in [0.5, 0.6) is 0 Å². The van der Waals surface area contributed by atoms with E-state index in [1.807, 2.05) is 32.0 Å². The molecule has 3 rings (SSSR count). The molecular formula is C19H23Cl2N5OS. The van der Waals surface area contributed by atoms with Crippen LogP contribution < -0.4 is 15.1 Å². The van der Waals surface area contributed by atoms with Crippen molar-refractivity contribution >= 4 is 52.4 Å². The summed E-state index contributed by atoms with van der Waals surface area (Å²) in [6.07, 6.45) is 0. The molecule has 0 aliphatic carbocycles. The fraction of sp³-hybridized carbons (Fsp3) is 0.421. The molecule has 0 unspecified atom stereocenters. The number of nitrogens with one attached hydrogen (secondary N) is 1. The van der Waals surface area contributed by atoms with Crippen molar-refractivity contribution < 1.29 is 4.79 Å². The van der Waals surface area contributed by atoms with Crippen LogP contribution in [-0.4, -0.2) is 53.8 Å². The zero-order valence-corrected chi connectivity index (χ0v) is 18.2. The van der Waals surface area contributed by atoms with Crippen LogP contribution in [0.3, 0.4) is 0 Å². The summed E-state index contributed by atoms with van der Waals surface area (Å²) < 4.78 is 0. The molecule has 2 aromatic rings. The highest BCUT2D eigenvalue weighted by molar-refractivity contribution is 7.99. The van der Waals surface area contributed by atoms with Crippen LogP contribution in [-0.2, 0) is 4.79 Å². The molecular weight excluding hydrogens is 417 g/mol. The number of benzene rings is 1. The molecule has 6 nitrogen and oxygen atoms in total. The first-order valence-corrected chi connectivity index (χ1v) is 10.9. The number of amides is 1. The molecule has 0 bridgehead atoms. The van der Waals surface area contributed by atoms with Crippen molar-refractivity contribution in [1.82, 2.24) is 15.3 Å². The normalized spacial score (nSPS) is 14.5. The highest BCUT2D eigenvalue weighted by Crippen LogP contribution is 2.25. The maximum absolute atomic E-state index is 11.8.